The van der Waals surface area contributed by atoms with Crippen LogP contribution in [0.2, 0.25) is 0 Å². The Morgan fingerprint density at radius 3 is 1.55 bits per heavy atom. The molecule has 0 aliphatic carbocycles. The summed E-state index contributed by atoms with van der Waals surface area (Å²) in [6.45, 7) is 3.85. The number of carboxylic acids is 2. The lowest BCUT2D eigenvalue weighted by atomic mass is 10.00. The van der Waals surface area contributed by atoms with E-state index >= 15 is 19.2 Å². The van der Waals surface area contributed by atoms with Crippen molar-refractivity contribution in [3.63, 3.8) is 0 Å². The summed E-state index contributed by atoms with van der Waals surface area (Å²) in [5.74, 6) is -20.8. The van der Waals surface area contributed by atoms with Crippen LogP contribution in [0.4, 0.5) is 4.39 Å². The number of amides is 16. The van der Waals surface area contributed by atoms with Gasteiger partial charge in [0, 0.05) is 148 Å². The first kappa shape index (κ1) is 101. The number of primary amides is 1. The van der Waals surface area contributed by atoms with E-state index in [2.05, 4.69) is 73.8 Å². The Labute approximate surface area is 749 Å². The van der Waals surface area contributed by atoms with Crippen molar-refractivity contribution in [1.82, 2.24) is 98.3 Å². The standard InChI is InChI=1S/C83H112FN21O20S3/c1-45(2)31-58-76(119)94-57(22-23-70(111)112)75(118)98-62(35-71(113)114)80(123)100-64-40-127-29-25-68(109)104-42-103(43-105(44-104)69(110)26-30-128-41-65(91-47(4)106)82(125)102(7)46(3)73(116)95-60(79(122)96-58)33-49-36-88-54-15-10-8-13-52(49)54)67(108)24-28-126-39-63(72(85)115)99-77(120)59(32-48-18-20-51(84)21-19-48)92-66(107)38-90-74(117)56(17-12-27-87-83(86)101(5)6)93-78(121)61(97-81(64)124)34-50-37-89-55-16-11-9-14-53(50)55/h8-11,13-16,18-21,36-37,45-46,56-65,88-89H,12,17,22-35,38-44H2,1-7H3,(H2,85,115)(H2,86,87)(H,90,117)(H,91,106)(H,92,107)(H,93,121)(H,94,119)(H,95,116)(H,96,122)(H,97,124)(H,98,118)(H,99,120)(H,100,123)(H,111,112)(H,113,114)/t46-,56-,57-,58-,59-,60-,61-,62-,63-,64-,65-/m0/s1. The maximum atomic E-state index is 15.5. The molecule has 2 aromatic heterocycles. The van der Waals surface area contributed by atoms with E-state index in [1.54, 1.807) is 88.9 Å². The third-order valence-corrected chi connectivity index (χ3v) is 24.3. The fraction of sp³-hybridized carbons (Fsp3) is 0.506. The lowest BCUT2D eigenvalue weighted by molar-refractivity contribution is -0.158. The number of aromatic nitrogens is 2. The van der Waals surface area contributed by atoms with Gasteiger partial charge in [-0.05, 0) is 79.5 Å². The second-order valence-corrected chi connectivity index (χ2v) is 35.2. The predicted octanol–water partition coefficient (Wildman–Crippen LogP) is -1.85. The number of para-hydroxylation sites is 2. The van der Waals surface area contributed by atoms with Gasteiger partial charge in [-0.3, -0.25) is 91.7 Å². The van der Waals surface area contributed by atoms with Crippen LogP contribution in [0.15, 0.2) is 85.2 Å². The van der Waals surface area contributed by atoms with E-state index in [0.717, 1.165) is 59.2 Å². The molecule has 4 bridgehead atoms. The number of carbonyl (C=O) groups is 18. The maximum absolute atomic E-state index is 15.5. The molecule has 694 valence electrons. The number of halogens is 1. The van der Waals surface area contributed by atoms with Gasteiger partial charge in [0.15, 0.2) is 5.96 Å². The number of benzene rings is 3. The molecule has 3 fully saturated rings. The number of nitrogens with two attached hydrogens (primary N) is 1. The van der Waals surface area contributed by atoms with E-state index < -0.39 is 236 Å². The quantitative estimate of drug-likeness (QED) is 0.0245. The minimum absolute atomic E-state index is 0.0279. The zero-order valence-corrected chi connectivity index (χ0v) is 74.4. The molecule has 0 spiro atoms. The van der Waals surface area contributed by atoms with Crippen molar-refractivity contribution >= 4 is 170 Å². The number of thioether (sulfide) groups is 3. The molecule has 16 amide bonds. The summed E-state index contributed by atoms with van der Waals surface area (Å²) in [5, 5.41) is 61.0. The highest BCUT2D eigenvalue weighted by atomic mass is 32.2. The summed E-state index contributed by atoms with van der Waals surface area (Å²) < 4.78 is 14.3. The van der Waals surface area contributed by atoms with Crippen molar-refractivity contribution < 1.29 is 101 Å². The number of carbonyl (C=O) groups excluding carboxylic acids is 16. The Bertz CT molecular complexity index is 4880. The van der Waals surface area contributed by atoms with Gasteiger partial charge in [-0.15, -0.1) is 0 Å². The number of nitrogens with one attached hydrogen (secondary N) is 15. The van der Waals surface area contributed by atoms with Gasteiger partial charge in [-0.1, -0.05) is 62.4 Å². The van der Waals surface area contributed by atoms with Crippen LogP contribution >= 0.6 is 35.3 Å². The molecule has 0 unspecified atom stereocenters. The molecule has 128 heavy (non-hydrogen) atoms. The lowest BCUT2D eigenvalue weighted by Gasteiger charge is -2.42. The van der Waals surface area contributed by atoms with Gasteiger partial charge >= 0.3 is 11.9 Å². The molecular formula is C83H112FN21O20S3. The predicted molar refractivity (Wildman–Crippen MR) is 472 cm³/mol. The molecular weight excluding hydrogens is 1730 g/mol. The minimum atomic E-state index is -2.19. The number of H-pyrrole nitrogens is 2. The molecule has 41 nitrogen and oxygen atoms in total. The number of hydrogen-bond acceptors (Lipinski definition) is 22. The third-order valence-electron chi connectivity index (χ3n) is 21.2. The largest absolute Gasteiger partial charge is 0.481 e. The van der Waals surface area contributed by atoms with Crippen LogP contribution < -0.4 is 69.5 Å². The first-order chi connectivity index (χ1) is 60.8. The van der Waals surface area contributed by atoms with Crippen LogP contribution in [0.1, 0.15) is 102 Å². The first-order valence-electron chi connectivity index (χ1n) is 41.5. The van der Waals surface area contributed by atoms with Crippen molar-refractivity contribution in [2.24, 2.45) is 11.7 Å². The topological polar surface area (TPSA) is 590 Å². The van der Waals surface area contributed by atoms with Gasteiger partial charge in [0.1, 0.15) is 72.3 Å². The van der Waals surface area contributed by atoms with Gasteiger partial charge in [0.05, 0.1) is 33.0 Å². The highest BCUT2D eigenvalue weighted by Crippen LogP contribution is 2.25. The average Bonchev–Trinajstić information content (AvgIpc) is 1.66. The monoisotopic (exact) mass is 1840 g/mol. The Balaban J connectivity index is 1.22. The van der Waals surface area contributed by atoms with Crippen LogP contribution in [-0.4, -0.2) is 312 Å². The van der Waals surface area contributed by atoms with Crippen LogP contribution in [0.25, 0.3) is 21.8 Å². The van der Waals surface area contributed by atoms with Crippen molar-refractivity contribution in [3.05, 3.63) is 108 Å². The number of guanidine groups is 1. The zero-order chi connectivity index (χ0) is 93.6. The minimum Gasteiger partial charge on any atom is -0.481 e. The second kappa shape index (κ2) is 49.0. The van der Waals surface area contributed by atoms with Crippen molar-refractivity contribution in [2.45, 2.75) is 171 Å². The van der Waals surface area contributed by atoms with E-state index in [-0.39, 0.29) is 99.3 Å². The Morgan fingerprint density at radius 2 is 1.03 bits per heavy atom. The van der Waals surface area contributed by atoms with Gasteiger partial charge < -0.3 is 114 Å². The first-order valence-corrected chi connectivity index (χ1v) is 45.0. The number of hydrogen-bond donors (Lipinski definition) is 18. The summed E-state index contributed by atoms with van der Waals surface area (Å²) in [7, 11) is 4.48. The smallest absolute Gasteiger partial charge is 0.305 e. The van der Waals surface area contributed by atoms with E-state index in [0.29, 0.717) is 38.5 Å². The molecule has 0 saturated carbocycles. The number of aromatic amines is 2. The van der Waals surface area contributed by atoms with Crippen molar-refractivity contribution in [3.8, 4) is 0 Å². The number of aliphatic carboxylic acids is 2. The van der Waals surface area contributed by atoms with Gasteiger partial charge in [-0.25, -0.2) is 4.39 Å². The van der Waals surface area contributed by atoms with E-state index in [1.165, 1.54) is 45.7 Å². The second-order valence-electron chi connectivity index (χ2n) is 31.7. The molecule has 5 heterocycles. The Hall–Kier alpha value is -12.6. The normalized spacial score (nSPS) is 23.4. The fourth-order valence-electron chi connectivity index (χ4n) is 14.0. The molecule has 3 aliphatic heterocycles. The molecule has 3 aromatic carbocycles. The average molecular weight is 1840 g/mol. The van der Waals surface area contributed by atoms with Crippen LogP contribution in [0.3, 0.4) is 0 Å². The lowest BCUT2D eigenvalue weighted by Crippen LogP contribution is -2.61. The van der Waals surface area contributed by atoms with E-state index in [9.17, 15) is 81.7 Å². The molecule has 8 rings (SSSR count). The summed E-state index contributed by atoms with van der Waals surface area (Å²) in [6.07, 6.45) is -1.97. The van der Waals surface area contributed by atoms with Crippen molar-refractivity contribution in [1.29, 1.82) is 5.41 Å². The highest BCUT2D eigenvalue weighted by Gasteiger charge is 2.40. The fourth-order valence-corrected chi connectivity index (χ4v) is 16.9. The van der Waals surface area contributed by atoms with Gasteiger partial charge in [0.25, 0.3) is 0 Å². The van der Waals surface area contributed by atoms with Crippen LogP contribution in [-0.2, 0) is 106 Å². The third kappa shape index (κ3) is 30.9. The number of nitrogens with zero attached hydrogens (tertiary/aromatic N) is 5. The summed E-state index contributed by atoms with van der Waals surface area (Å²) in [5.41, 5.74) is 8.31. The highest BCUT2D eigenvalue weighted by molar-refractivity contribution is 7.99. The number of fused-ring (bicyclic) bond motifs is 9. The summed E-state index contributed by atoms with van der Waals surface area (Å²) in [4.78, 5) is 270. The van der Waals surface area contributed by atoms with Crippen molar-refractivity contribution in [2.75, 3.05) is 88.8 Å². The Morgan fingerprint density at radius 1 is 0.562 bits per heavy atom. The van der Waals surface area contributed by atoms with Gasteiger partial charge in [-0.2, -0.15) is 35.3 Å². The zero-order valence-electron chi connectivity index (χ0n) is 71.9. The molecule has 0 radical (unpaired) electrons. The SMILES string of the molecule is CC(=O)N[C@H]1CSCCC(=O)N2CN3CN(C2)C(=O)CCSC[C@H](NC(=O)[C@H](CC(=O)O)NC(=O)[C@H](CCC(=O)O)NC(=O)[C@H](CC(C)C)NC(=O)[C@H](Cc2c[nH]c4ccccc24)NC(=O)[C@H](C)N(C)C1=O)C(=O)N[C@@H](Cc1c[nH]c2ccccc12)C(=O)N[C@@H](CCCNC(=N)N(C)C)C(=O)NCC(=O)N[C@@H](Cc1ccc(F)cc1)C(=O)N[C@H](C(N)=O)CSCCC3=O. The number of carboxylic acid groups (broad SMARTS) is 2. The number of rotatable bonds is 19. The molecule has 5 aromatic rings. The molecule has 11 atom stereocenters. The van der Waals surface area contributed by atoms with Crippen LogP contribution in [0, 0.1) is 17.1 Å². The van der Waals surface area contributed by atoms with E-state index in [1.807, 2.05) is 0 Å². The molecule has 45 heteroatoms. The van der Waals surface area contributed by atoms with E-state index in [4.69, 9.17) is 11.1 Å². The molecule has 3 saturated heterocycles. The Kier molecular flexibility index (Phi) is 38.6. The molecule has 19 N–H and O–H groups in total. The summed E-state index contributed by atoms with van der Waals surface area (Å²) in [6, 6.07) is 0.511. The van der Waals surface area contributed by atoms with Crippen LogP contribution in [0.5, 0.6) is 0 Å². The van der Waals surface area contributed by atoms with Gasteiger partial charge in [0.2, 0.25) is 94.5 Å². The molecule has 3 aliphatic rings. The number of likely N-dealkylation sites (N-methyl/N-ethyl adjacent to an activating group) is 1. The maximum Gasteiger partial charge on any atom is 0.305 e. The summed E-state index contributed by atoms with van der Waals surface area (Å²) >= 11 is 2.91.